The SMILES string of the molecule is COC(=O)c1c(O)c(C(=O)OC)c2c(c1O)C(=O)C(C(=O)OC)C(c1ccccc1)C2. The van der Waals surface area contributed by atoms with Crippen LogP contribution in [0.3, 0.4) is 0 Å². The predicted octanol–water partition coefficient (Wildman–Crippen LogP) is 1.98. The molecule has 0 aliphatic heterocycles. The number of Topliss-reactive ketones (excluding diaryl/α,β-unsaturated/α-hetero) is 1. The zero-order chi connectivity index (χ0) is 22.9. The van der Waals surface area contributed by atoms with Gasteiger partial charge < -0.3 is 24.4 Å². The van der Waals surface area contributed by atoms with Crippen LogP contribution in [0.1, 0.15) is 48.1 Å². The zero-order valence-electron chi connectivity index (χ0n) is 17.0. The van der Waals surface area contributed by atoms with Gasteiger partial charge in [-0.05, 0) is 17.5 Å². The number of carbonyl (C=O) groups excluding carboxylic acids is 4. The van der Waals surface area contributed by atoms with Crippen LogP contribution in [0.15, 0.2) is 30.3 Å². The zero-order valence-corrected chi connectivity index (χ0v) is 17.0. The first kappa shape index (κ1) is 21.8. The third kappa shape index (κ3) is 3.48. The lowest BCUT2D eigenvalue weighted by atomic mass is 9.70. The molecule has 0 saturated heterocycles. The number of ether oxygens (including phenoxy) is 3. The van der Waals surface area contributed by atoms with Gasteiger partial charge in [-0.25, -0.2) is 9.59 Å². The van der Waals surface area contributed by atoms with Crippen LogP contribution in [0.25, 0.3) is 0 Å². The van der Waals surface area contributed by atoms with Crippen LogP contribution in [0, 0.1) is 5.92 Å². The Kier molecular flexibility index (Phi) is 5.96. The summed E-state index contributed by atoms with van der Waals surface area (Å²) in [6, 6.07) is 8.62. The van der Waals surface area contributed by atoms with Crippen molar-refractivity contribution in [1.82, 2.24) is 0 Å². The molecule has 0 saturated carbocycles. The second-order valence-electron chi connectivity index (χ2n) is 6.87. The van der Waals surface area contributed by atoms with E-state index in [2.05, 4.69) is 4.74 Å². The van der Waals surface area contributed by atoms with E-state index in [-0.39, 0.29) is 12.0 Å². The van der Waals surface area contributed by atoms with Gasteiger partial charge in [-0.2, -0.15) is 0 Å². The number of rotatable bonds is 4. The number of hydrogen-bond donors (Lipinski definition) is 2. The fraction of sp³-hybridized carbons (Fsp3) is 0.273. The van der Waals surface area contributed by atoms with E-state index < -0.39 is 63.7 Å². The van der Waals surface area contributed by atoms with Crippen molar-refractivity contribution >= 4 is 23.7 Å². The van der Waals surface area contributed by atoms with Crippen LogP contribution in [0.5, 0.6) is 11.5 Å². The Balaban J connectivity index is 2.37. The molecule has 31 heavy (non-hydrogen) atoms. The van der Waals surface area contributed by atoms with E-state index in [1.54, 1.807) is 30.3 Å². The van der Waals surface area contributed by atoms with Gasteiger partial charge in [-0.15, -0.1) is 0 Å². The van der Waals surface area contributed by atoms with Crippen molar-refractivity contribution in [1.29, 1.82) is 0 Å². The predicted molar refractivity (Wildman–Crippen MR) is 105 cm³/mol. The standard InChI is InChI=1S/C22H20O9/c1-29-20(26)14-11(10-7-5-4-6-8-10)9-12-13(17(14)23)18(24)16(22(28)31-3)19(25)15(12)21(27)30-2/h4-8,11,14,24-25H,9H2,1-3H3. The van der Waals surface area contributed by atoms with Gasteiger partial charge in [0, 0.05) is 5.92 Å². The highest BCUT2D eigenvalue weighted by Crippen LogP contribution is 2.47. The van der Waals surface area contributed by atoms with Crippen molar-refractivity contribution in [2.45, 2.75) is 12.3 Å². The second kappa shape index (κ2) is 8.47. The van der Waals surface area contributed by atoms with E-state index in [4.69, 9.17) is 9.47 Å². The van der Waals surface area contributed by atoms with Crippen molar-refractivity contribution in [2.75, 3.05) is 21.3 Å². The molecule has 0 spiro atoms. The maximum Gasteiger partial charge on any atom is 0.345 e. The number of carbonyl (C=O) groups is 4. The number of aromatic hydroxyl groups is 2. The summed E-state index contributed by atoms with van der Waals surface area (Å²) in [6.07, 6.45) is -0.0855. The van der Waals surface area contributed by atoms with Gasteiger partial charge in [0.05, 0.1) is 26.9 Å². The number of ketones is 1. The van der Waals surface area contributed by atoms with Crippen molar-refractivity contribution in [3.63, 3.8) is 0 Å². The molecule has 1 aliphatic carbocycles. The topological polar surface area (TPSA) is 136 Å². The summed E-state index contributed by atoms with van der Waals surface area (Å²) in [4.78, 5) is 50.6. The average Bonchev–Trinajstić information content (AvgIpc) is 2.78. The third-order valence-corrected chi connectivity index (χ3v) is 5.37. The minimum absolute atomic E-state index is 0.0338. The van der Waals surface area contributed by atoms with Gasteiger partial charge in [0.15, 0.2) is 5.78 Å². The summed E-state index contributed by atoms with van der Waals surface area (Å²) in [5, 5.41) is 21.3. The van der Waals surface area contributed by atoms with Crippen molar-refractivity contribution in [3.8, 4) is 11.5 Å². The first-order valence-corrected chi connectivity index (χ1v) is 9.22. The highest BCUT2D eigenvalue weighted by Gasteiger charge is 2.47. The number of hydrogen-bond acceptors (Lipinski definition) is 9. The molecule has 162 valence electrons. The highest BCUT2D eigenvalue weighted by molar-refractivity contribution is 6.17. The summed E-state index contributed by atoms with van der Waals surface area (Å²) in [7, 11) is 3.20. The molecule has 0 aromatic heterocycles. The fourth-order valence-corrected chi connectivity index (χ4v) is 3.94. The van der Waals surface area contributed by atoms with Crippen LogP contribution < -0.4 is 0 Å². The molecule has 2 N–H and O–H groups in total. The van der Waals surface area contributed by atoms with Gasteiger partial charge in [0.1, 0.15) is 28.5 Å². The Labute approximate surface area is 177 Å². The molecule has 1 aliphatic rings. The number of fused-ring (bicyclic) bond motifs is 1. The molecule has 9 heteroatoms. The normalized spacial score (nSPS) is 17.5. The van der Waals surface area contributed by atoms with Crippen LogP contribution in [0.4, 0.5) is 0 Å². The molecule has 9 nitrogen and oxygen atoms in total. The van der Waals surface area contributed by atoms with E-state index in [9.17, 15) is 29.4 Å². The number of methoxy groups -OCH3 is 3. The van der Waals surface area contributed by atoms with E-state index in [0.29, 0.717) is 5.56 Å². The number of phenols is 2. The lowest BCUT2D eigenvalue weighted by molar-refractivity contribution is -0.144. The van der Waals surface area contributed by atoms with Gasteiger partial charge in [-0.3, -0.25) is 9.59 Å². The maximum absolute atomic E-state index is 13.4. The molecule has 2 unspecified atom stereocenters. The molecule has 2 aromatic rings. The molecule has 2 atom stereocenters. The lowest BCUT2D eigenvalue weighted by Crippen LogP contribution is -2.38. The largest absolute Gasteiger partial charge is 0.506 e. The third-order valence-electron chi connectivity index (χ3n) is 5.37. The maximum atomic E-state index is 13.4. The first-order chi connectivity index (χ1) is 14.8. The number of esters is 3. The van der Waals surface area contributed by atoms with Gasteiger partial charge >= 0.3 is 17.9 Å². The molecule has 0 bridgehead atoms. The Morgan fingerprint density at radius 3 is 2.00 bits per heavy atom. The highest BCUT2D eigenvalue weighted by atomic mass is 16.5. The fourth-order valence-electron chi connectivity index (χ4n) is 3.94. The summed E-state index contributed by atoms with van der Waals surface area (Å²) in [5.41, 5.74) is -1.07. The van der Waals surface area contributed by atoms with Crippen molar-refractivity contribution in [2.24, 2.45) is 5.92 Å². The van der Waals surface area contributed by atoms with E-state index in [1.807, 2.05) is 0 Å². The second-order valence-corrected chi connectivity index (χ2v) is 6.87. The Hall–Kier alpha value is -3.88. The van der Waals surface area contributed by atoms with Gasteiger partial charge in [-0.1, -0.05) is 30.3 Å². The van der Waals surface area contributed by atoms with Crippen LogP contribution >= 0.6 is 0 Å². The van der Waals surface area contributed by atoms with E-state index in [0.717, 1.165) is 21.3 Å². The summed E-state index contributed by atoms with van der Waals surface area (Å²) in [5.74, 6) is -7.72. The Morgan fingerprint density at radius 2 is 1.45 bits per heavy atom. The number of benzene rings is 2. The molecular weight excluding hydrogens is 408 g/mol. The van der Waals surface area contributed by atoms with Crippen molar-refractivity contribution < 1.29 is 43.6 Å². The van der Waals surface area contributed by atoms with E-state index in [1.165, 1.54) is 0 Å². The lowest BCUT2D eigenvalue weighted by Gasteiger charge is -2.32. The Morgan fingerprint density at radius 1 is 0.871 bits per heavy atom. The first-order valence-electron chi connectivity index (χ1n) is 9.22. The van der Waals surface area contributed by atoms with Crippen LogP contribution in [-0.2, 0) is 25.4 Å². The summed E-state index contributed by atoms with van der Waals surface area (Å²) < 4.78 is 14.1. The molecule has 0 heterocycles. The Bertz CT molecular complexity index is 1070. The average molecular weight is 428 g/mol. The molecule has 0 fully saturated rings. The van der Waals surface area contributed by atoms with Crippen LogP contribution in [-0.4, -0.2) is 55.2 Å². The number of phenolic OH excluding ortho intramolecular Hbond substituents is 2. The summed E-state index contributed by atoms with van der Waals surface area (Å²) >= 11 is 0. The summed E-state index contributed by atoms with van der Waals surface area (Å²) in [6.45, 7) is 0. The monoisotopic (exact) mass is 428 g/mol. The molecule has 0 radical (unpaired) electrons. The quantitative estimate of drug-likeness (QED) is 0.425. The van der Waals surface area contributed by atoms with Crippen LogP contribution in [0.2, 0.25) is 0 Å². The molecular formula is C22H20O9. The molecule has 3 rings (SSSR count). The van der Waals surface area contributed by atoms with E-state index >= 15 is 0 Å². The molecule has 0 amide bonds. The minimum Gasteiger partial charge on any atom is -0.506 e. The van der Waals surface area contributed by atoms with Gasteiger partial charge in [0.2, 0.25) is 0 Å². The van der Waals surface area contributed by atoms with Crippen molar-refractivity contribution in [3.05, 3.63) is 58.1 Å². The minimum atomic E-state index is -1.34. The smallest absolute Gasteiger partial charge is 0.345 e. The van der Waals surface area contributed by atoms with Gasteiger partial charge in [0.25, 0.3) is 0 Å². The molecule has 2 aromatic carbocycles.